The standard InChI is InChI=1S/C13H28O5S/c1-12(19(16,17)18-2)13(15)10-8-6-4-3-5-7-9-11-14/h12-15H,3-11H2,1-2H3. The van der Waals surface area contributed by atoms with E-state index in [0.717, 1.165) is 52.1 Å². The molecule has 2 unspecified atom stereocenters. The van der Waals surface area contributed by atoms with E-state index in [9.17, 15) is 13.5 Å². The van der Waals surface area contributed by atoms with Crippen molar-refractivity contribution in [2.24, 2.45) is 0 Å². The van der Waals surface area contributed by atoms with Crippen molar-refractivity contribution in [2.45, 2.75) is 69.6 Å². The predicted molar refractivity (Wildman–Crippen MR) is 75.4 cm³/mol. The van der Waals surface area contributed by atoms with Crippen LogP contribution in [0.3, 0.4) is 0 Å². The van der Waals surface area contributed by atoms with E-state index in [4.69, 9.17) is 5.11 Å². The van der Waals surface area contributed by atoms with Gasteiger partial charge in [0.2, 0.25) is 0 Å². The third-order valence-electron chi connectivity index (χ3n) is 3.39. The van der Waals surface area contributed by atoms with Crippen LogP contribution in [0.1, 0.15) is 58.3 Å². The van der Waals surface area contributed by atoms with Crippen molar-refractivity contribution in [1.82, 2.24) is 0 Å². The van der Waals surface area contributed by atoms with E-state index in [1.165, 1.54) is 6.92 Å². The third-order valence-corrected chi connectivity index (χ3v) is 5.08. The molecule has 6 heteroatoms. The summed E-state index contributed by atoms with van der Waals surface area (Å²) in [4.78, 5) is 0. The van der Waals surface area contributed by atoms with Gasteiger partial charge in [0, 0.05) is 6.61 Å². The largest absolute Gasteiger partial charge is 0.396 e. The Morgan fingerprint density at radius 1 is 1.00 bits per heavy atom. The Hall–Kier alpha value is -0.170. The lowest BCUT2D eigenvalue weighted by molar-refractivity contribution is 0.154. The topological polar surface area (TPSA) is 83.8 Å². The van der Waals surface area contributed by atoms with Crippen LogP contribution in [0.5, 0.6) is 0 Å². The summed E-state index contributed by atoms with van der Waals surface area (Å²) in [5, 5.41) is 17.5. The Labute approximate surface area is 117 Å². The lowest BCUT2D eigenvalue weighted by Crippen LogP contribution is -2.32. The van der Waals surface area contributed by atoms with Crippen LogP contribution < -0.4 is 0 Å². The van der Waals surface area contributed by atoms with Gasteiger partial charge in [-0.25, -0.2) is 0 Å². The summed E-state index contributed by atoms with van der Waals surface area (Å²) in [6.07, 6.45) is 6.71. The van der Waals surface area contributed by atoms with E-state index in [1.54, 1.807) is 0 Å². The highest BCUT2D eigenvalue weighted by molar-refractivity contribution is 7.87. The van der Waals surface area contributed by atoms with Gasteiger partial charge >= 0.3 is 0 Å². The van der Waals surface area contributed by atoms with E-state index >= 15 is 0 Å². The van der Waals surface area contributed by atoms with Gasteiger partial charge in [-0.3, -0.25) is 4.18 Å². The summed E-state index contributed by atoms with van der Waals surface area (Å²) in [5.41, 5.74) is 0. The Balaban J connectivity index is 3.61. The van der Waals surface area contributed by atoms with E-state index in [2.05, 4.69) is 4.18 Å². The van der Waals surface area contributed by atoms with Crippen LogP contribution in [0.2, 0.25) is 0 Å². The van der Waals surface area contributed by atoms with Gasteiger partial charge < -0.3 is 10.2 Å². The first-order chi connectivity index (χ1) is 8.95. The van der Waals surface area contributed by atoms with Crippen molar-refractivity contribution in [3.05, 3.63) is 0 Å². The SMILES string of the molecule is COS(=O)(=O)C(C)C(O)CCCCCCCCCO. The Morgan fingerprint density at radius 3 is 1.95 bits per heavy atom. The van der Waals surface area contributed by atoms with Crippen LogP contribution >= 0.6 is 0 Å². The average molecular weight is 296 g/mol. The molecule has 0 bridgehead atoms. The smallest absolute Gasteiger partial charge is 0.272 e. The number of rotatable bonds is 12. The van der Waals surface area contributed by atoms with Crippen molar-refractivity contribution in [2.75, 3.05) is 13.7 Å². The lowest BCUT2D eigenvalue weighted by Gasteiger charge is -2.17. The molecule has 0 rings (SSSR count). The molecule has 0 aliphatic carbocycles. The van der Waals surface area contributed by atoms with E-state index in [0.29, 0.717) is 6.42 Å². The first kappa shape index (κ1) is 18.8. The molecule has 116 valence electrons. The van der Waals surface area contributed by atoms with Crippen LogP contribution in [0.4, 0.5) is 0 Å². The Morgan fingerprint density at radius 2 is 1.47 bits per heavy atom. The van der Waals surface area contributed by atoms with Crippen molar-refractivity contribution in [3.8, 4) is 0 Å². The van der Waals surface area contributed by atoms with E-state index in [-0.39, 0.29) is 6.61 Å². The molecular formula is C13H28O5S. The van der Waals surface area contributed by atoms with Gasteiger partial charge in [0.1, 0.15) is 5.25 Å². The summed E-state index contributed by atoms with van der Waals surface area (Å²) in [7, 11) is -2.51. The highest BCUT2D eigenvalue weighted by Crippen LogP contribution is 2.15. The van der Waals surface area contributed by atoms with Gasteiger partial charge in [0.05, 0.1) is 13.2 Å². The summed E-state index contributed by atoms with van der Waals surface area (Å²) in [6, 6.07) is 0. The van der Waals surface area contributed by atoms with Crippen molar-refractivity contribution in [3.63, 3.8) is 0 Å². The van der Waals surface area contributed by atoms with Gasteiger partial charge in [-0.1, -0.05) is 38.5 Å². The number of aliphatic hydroxyl groups excluding tert-OH is 2. The lowest BCUT2D eigenvalue weighted by atomic mass is 10.1. The van der Waals surface area contributed by atoms with Gasteiger partial charge in [-0.15, -0.1) is 0 Å². The van der Waals surface area contributed by atoms with Crippen LogP contribution in [0.25, 0.3) is 0 Å². The van der Waals surface area contributed by atoms with Crippen LogP contribution in [0.15, 0.2) is 0 Å². The van der Waals surface area contributed by atoms with Crippen molar-refractivity contribution in [1.29, 1.82) is 0 Å². The molecule has 0 aromatic carbocycles. The second-order valence-corrected chi connectivity index (χ2v) is 6.98. The number of unbranched alkanes of at least 4 members (excludes halogenated alkanes) is 6. The van der Waals surface area contributed by atoms with Crippen LogP contribution in [-0.4, -0.2) is 43.7 Å². The predicted octanol–water partition coefficient (Wildman–Crippen LogP) is 1.83. The van der Waals surface area contributed by atoms with Crippen LogP contribution in [-0.2, 0) is 14.3 Å². The molecular weight excluding hydrogens is 268 g/mol. The minimum absolute atomic E-state index is 0.262. The highest BCUT2D eigenvalue weighted by atomic mass is 32.2. The van der Waals surface area contributed by atoms with Crippen molar-refractivity contribution < 1.29 is 22.8 Å². The molecule has 0 radical (unpaired) electrons. The van der Waals surface area contributed by atoms with Crippen molar-refractivity contribution >= 4 is 10.1 Å². The molecule has 2 N–H and O–H groups in total. The zero-order chi connectivity index (χ0) is 14.7. The molecule has 0 heterocycles. The molecule has 0 spiro atoms. The second kappa shape index (κ2) is 10.6. The molecule has 0 aromatic heterocycles. The average Bonchev–Trinajstić information content (AvgIpc) is 2.40. The first-order valence-electron chi connectivity index (χ1n) is 7.04. The van der Waals surface area contributed by atoms with Gasteiger partial charge in [-0.05, 0) is 19.8 Å². The molecule has 19 heavy (non-hydrogen) atoms. The molecule has 0 saturated heterocycles. The first-order valence-corrected chi connectivity index (χ1v) is 8.51. The second-order valence-electron chi connectivity index (χ2n) is 4.92. The summed E-state index contributed by atoms with van der Waals surface area (Å²) in [6.45, 7) is 1.73. The maximum atomic E-state index is 11.4. The quantitative estimate of drug-likeness (QED) is 0.424. The Kier molecular flexibility index (Phi) is 10.5. The fourth-order valence-electron chi connectivity index (χ4n) is 1.93. The third kappa shape index (κ3) is 8.57. The number of hydrogen-bond donors (Lipinski definition) is 2. The minimum atomic E-state index is -3.63. The van der Waals surface area contributed by atoms with Gasteiger partial charge in [-0.2, -0.15) is 8.42 Å². The minimum Gasteiger partial charge on any atom is -0.396 e. The van der Waals surface area contributed by atoms with E-state index < -0.39 is 21.5 Å². The van der Waals surface area contributed by atoms with Gasteiger partial charge in [0.25, 0.3) is 10.1 Å². The molecule has 0 aliphatic rings. The van der Waals surface area contributed by atoms with Gasteiger partial charge in [0.15, 0.2) is 0 Å². The fourth-order valence-corrected chi connectivity index (χ4v) is 2.75. The molecule has 0 fully saturated rings. The number of aliphatic hydroxyl groups is 2. The molecule has 0 aliphatic heterocycles. The Bertz CT molecular complexity index is 302. The molecule has 0 saturated carbocycles. The molecule has 5 nitrogen and oxygen atoms in total. The fraction of sp³-hybridized carbons (Fsp3) is 1.00. The summed E-state index contributed by atoms with van der Waals surface area (Å²) >= 11 is 0. The maximum Gasteiger partial charge on any atom is 0.272 e. The van der Waals surface area contributed by atoms with E-state index in [1.807, 2.05) is 0 Å². The number of hydrogen-bond acceptors (Lipinski definition) is 5. The molecule has 0 aromatic rings. The monoisotopic (exact) mass is 296 g/mol. The summed E-state index contributed by atoms with van der Waals surface area (Å²) < 4.78 is 27.1. The maximum absolute atomic E-state index is 11.4. The highest BCUT2D eigenvalue weighted by Gasteiger charge is 2.27. The molecule has 2 atom stereocenters. The zero-order valence-corrected chi connectivity index (χ0v) is 12.9. The summed E-state index contributed by atoms with van der Waals surface area (Å²) in [5.74, 6) is 0. The molecule has 0 amide bonds. The zero-order valence-electron chi connectivity index (χ0n) is 12.0. The van der Waals surface area contributed by atoms with Crippen LogP contribution in [0, 0.1) is 0 Å². The normalized spacial score (nSPS) is 15.4.